The van der Waals surface area contributed by atoms with Crippen LogP contribution in [0.5, 0.6) is 0 Å². The van der Waals surface area contributed by atoms with Crippen molar-refractivity contribution in [2.45, 2.75) is 89.0 Å². The number of unbranched alkanes of at least 4 members (excludes halogenated alkanes) is 3. The topological polar surface area (TPSA) is 49.3 Å². The van der Waals surface area contributed by atoms with Gasteiger partial charge in [-0.2, -0.15) is 0 Å². The van der Waals surface area contributed by atoms with Gasteiger partial charge in [-0.3, -0.25) is 4.79 Å². The Hall–Kier alpha value is -1.35. The van der Waals surface area contributed by atoms with Crippen LogP contribution in [0.2, 0.25) is 0 Å². The van der Waals surface area contributed by atoms with Gasteiger partial charge in [-0.05, 0) is 74.1 Å². The summed E-state index contributed by atoms with van der Waals surface area (Å²) in [5.74, 6) is 0.530. The van der Waals surface area contributed by atoms with Crippen LogP contribution < -0.4 is 5.32 Å². The number of hydrogen-bond acceptors (Lipinski definition) is 2. The molecule has 2 aliphatic rings. The lowest BCUT2D eigenvalue weighted by atomic mass is 9.79. The maximum Gasteiger partial charge on any atom is 0.323 e. The zero-order chi connectivity index (χ0) is 18.6. The Balaban J connectivity index is 1.61. The largest absolute Gasteiger partial charge is 0.480 e. The average Bonchev–Trinajstić information content (AvgIpc) is 3.11. The summed E-state index contributed by atoms with van der Waals surface area (Å²) >= 11 is 0. The molecule has 2 unspecified atom stereocenters. The smallest absolute Gasteiger partial charge is 0.323 e. The van der Waals surface area contributed by atoms with Gasteiger partial charge in [0.05, 0.1) is 0 Å². The zero-order valence-electron chi connectivity index (χ0n) is 16.5. The van der Waals surface area contributed by atoms with Gasteiger partial charge in [0.25, 0.3) is 0 Å². The molecule has 0 amide bonds. The molecule has 0 saturated heterocycles. The van der Waals surface area contributed by atoms with Crippen LogP contribution in [0, 0.1) is 5.92 Å². The lowest BCUT2D eigenvalue weighted by Gasteiger charge is -2.26. The van der Waals surface area contributed by atoms with Crippen LogP contribution >= 0.6 is 0 Å². The van der Waals surface area contributed by atoms with Crippen molar-refractivity contribution in [2.75, 3.05) is 7.05 Å². The van der Waals surface area contributed by atoms with Crippen molar-refractivity contribution in [3.05, 3.63) is 34.9 Å². The van der Waals surface area contributed by atoms with E-state index in [2.05, 4.69) is 30.4 Å². The first-order valence-corrected chi connectivity index (χ1v) is 10.6. The molecule has 3 nitrogen and oxygen atoms in total. The van der Waals surface area contributed by atoms with E-state index in [0.29, 0.717) is 12.3 Å². The first-order valence-electron chi connectivity index (χ1n) is 10.6. The molecule has 3 rings (SSSR count). The van der Waals surface area contributed by atoms with Gasteiger partial charge in [0.1, 0.15) is 5.54 Å². The van der Waals surface area contributed by atoms with E-state index in [0.717, 1.165) is 18.8 Å². The molecular weight excluding hydrogens is 322 g/mol. The molecule has 0 aliphatic heterocycles. The molecule has 26 heavy (non-hydrogen) atoms. The van der Waals surface area contributed by atoms with E-state index in [1.807, 2.05) is 0 Å². The second kappa shape index (κ2) is 8.56. The van der Waals surface area contributed by atoms with E-state index in [1.165, 1.54) is 68.1 Å². The van der Waals surface area contributed by atoms with Crippen LogP contribution in [0.15, 0.2) is 18.2 Å². The molecule has 0 spiro atoms. The summed E-state index contributed by atoms with van der Waals surface area (Å²) in [7, 11) is 1.78. The number of carboxylic acids is 1. The molecule has 1 aromatic rings. The number of hydrogen-bond donors (Lipinski definition) is 2. The van der Waals surface area contributed by atoms with Crippen LogP contribution in [0.4, 0.5) is 0 Å². The van der Waals surface area contributed by atoms with Crippen LogP contribution in [0.1, 0.15) is 87.3 Å². The minimum absolute atomic E-state index is 0.371. The van der Waals surface area contributed by atoms with Gasteiger partial charge in [0.2, 0.25) is 0 Å². The Bertz CT molecular complexity index is 627. The summed E-state index contributed by atoms with van der Waals surface area (Å²) < 4.78 is 0. The normalized spacial score (nSPS) is 28.1. The molecular formula is C23H35NO2. The van der Waals surface area contributed by atoms with Crippen molar-refractivity contribution in [1.82, 2.24) is 5.32 Å². The second-order valence-electron chi connectivity index (χ2n) is 8.56. The fourth-order valence-electron chi connectivity index (χ4n) is 5.07. The standard InChI is InChI=1S/C23H35NO2/c1-3-4-5-6-7-17-8-9-19-15-20(11-10-18(19)14-17)21-12-13-23(16-21,24-2)22(25)26/h10-11,15,17,21,24H,3-9,12-14,16H2,1-2H3,(H,25,26)/t17-,21?,23?/m1/s1. The molecule has 1 aromatic carbocycles. The fourth-order valence-corrected chi connectivity index (χ4v) is 5.07. The first-order chi connectivity index (χ1) is 12.6. The Kier molecular flexibility index (Phi) is 6.39. The second-order valence-corrected chi connectivity index (χ2v) is 8.56. The quantitative estimate of drug-likeness (QED) is 0.638. The number of nitrogens with one attached hydrogen (secondary N) is 1. The highest BCUT2D eigenvalue weighted by atomic mass is 16.4. The Morgan fingerprint density at radius 3 is 2.77 bits per heavy atom. The van der Waals surface area contributed by atoms with Crippen LogP contribution in [-0.4, -0.2) is 23.7 Å². The molecule has 2 N–H and O–H groups in total. The van der Waals surface area contributed by atoms with Gasteiger partial charge in [-0.1, -0.05) is 57.2 Å². The number of fused-ring (bicyclic) bond motifs is 1. The van der Waals surface area contributed by atoms with Crippen molar-refractivity contribution in [1.29, 1.82) is 0 Å². The van der Waals surface area contributed by atoms with E-state index in [9.17, 15) is 9.90 Å². The fraction of sp³-hybridized carbons (Fsp3) is 0.696. The maximum absolute atomic E-state index is 11.7. The minimum atomic E-state index is -0.732. The van der Waals surface area contributed by atoms with Crippen molar-refractivity contribution < 1.29 is 9.90 Å². The number of carbonyl (C=O) groups is 1. The number of aryl methyl sites for hydroxylation is 1. The molecule has 0 heterocycles. The molecule has 1 fully saturated rings. The highest BCUT2D eigenvalue weighted by Gasteiger charge is 2.44. The third kappa shape index (κ3) is 4.14. The third-order valence-electron chi connectivity index (χ3n) is 6.90. The van der Waals surface area contributed by atoms with Crippen LogP contribution in [-0.2, 0) is 17.6 Å². The first kappa shape index (κ1) is 19.4. The van der Waals surface area contributed by atoms with Crippen molar-refractivity contribution in [3.8, 4) is 0 Å². The lowest BCUT2D eigenvalue weighted by molar-refractivity contribution is -0.144. The Morgan fingerprint density at radius 2 is 2.08 bits per heavy atom. The maximum atomic E-state index is 11.7. The summed E-state index contributed by atoms with van der Waals surface area (Å²) in [5, 5.41) is 12.7. The van der Waals surface area contributed by atoms with Crippen molar-refractivity contribution in [2.24, 2.45) is 5.92 Å². The third-order valence-corrected chi connectivity index (χ3v) is 6.90. The summed E-state index contributed by atoms with van der Waals surface area (Å²) in [4.78, 5) is 11.7. The number of likely N-dealkylation sites (N-methyl/N-ethyl adjacent to an activating group) is 1. The van der Waals surface area contributed by atoms with Crippen molar-refractivity contribution in [3.63, 3.8) is 0 Å². The minimum Gasteiger partial charge on any atom is -0.480 e. The van der Waals surface area contributed by atoms with Gasteiger partial charge < -0.3 is 10.4 Å². The SMILES string of the molecule is CCCCCC[C@@H]1CCc2cc(C3CCC(NC)(C(=O)O)C3)ccc2C1. The predicted octanol–water partition coefficient (Wildman–Crippen LogP) is 5.07. The molecule has 1 saturated carbocycles. The van der Waals surface area contributed by atoms with Crippen LogP contribution in [0.3, 0.4) is 0 Å². The molecule has 3 atom stereocenters. The lowest BCUT2D eigenvalue weighted by Crippen LogP contribution is -2.48. The molecule has 0 radical (unpaired) electrons. The van der Waals surface area contributed by atoms with Gasteiger partial charge in [-0.15, -0.1) is 0 Å². The number of rotatable bonds is 8. The zero-order valence-corrected chi connectivity index (χ0v) is 16.5. The monoisotopic (exact) mass is 357 g/mol. The molecule has 144 valence electrons. The van der Waals surface area contributed by atoms with Gasteiger partial charge in [0, 0.05) is 0 Å². The van der Waals surface area contributed by atoms with Gasteiger partial charge in [0.15, 0.2) is 0 Å². The van der Waals surface area contributed by atoms with E-state index in [4.69, 9.17) is 0 Å². The van der Waals surface area contributed by atoms with E-state index < -0.39 is 11.5 Å². The van der Waals surface area contributed by atoms with Gasteiger partial charge in [-0.25, -0.2) is 0 Å². The Morgan fingerprint density at radius 1 is 1.23 bits per heavy atom. The predicted molar refractivity (Wildman–Crippen MR) is 107 cm³/mol. The van der Waals surface area contributed by atoms with E-state index in [1.54, 1.807) is 7.05 Å². The molecule has 0 aromatic heterocycles. The number of aliphatic carboxylic acids is 1. The summed E-state index contributed by atoms with van der Waals surface area (Å²) in [6.07, 6.45) is 13.0. The molecule has 2 aliphatic carbocycles. The molecule has 3 heteroatoms. The highest BCUT2D eigenvalue weighted by Crippen LogP contribution is 2.42. The summed E-state index contributed by atoms with van der Waals surface area (Å²) in [5.41, 5.74) is 3.68. The van der Waals surface area contributed by atoms with Crippen molar-refractivity contribution >= 4 is 5.97 Å². The van der Waals surface area contributed by atoms with E-state index in [-0.39, 0.29) is 0 Å². The highest BCUT2D eigenvalue weighted by molar-refractivity contribution is 5.79. The average molecular weight is 358 g/mol. The van der Waals surface area contributed by atoms with Gasteiger partial charge >= 0.3 is 5.97 Å². The van der Waals surface area contributed by atoms with Crippen LogP contribution in [0.25, 0.3) is 0 Å². The molecule has 0 bridgehead atoms. The summed E-state index contributed by atoms with van der Waals surface area (Å²) in [6, 6.07) is 7.00. The summed E-state index contributed by atoms with van der Waals surface area (Å²) in [6.45, 7) is 2.27. The van der Waals surface area contributed by atoms with E-state index >= 15 is 0 Å². The number of benzene rings is 1. The number of carboxylic acid groups (broad SMARTS) is 1. The Labute approximate surface area is 158 Å².